The summed E-state index contributed by atoms with van der Waals surface area (Å²) in [6.45, 7) is -0.00181. The Bertz CT molecular complexity index is 364. The molecule has 0 amide bonds. The van der Waals surface area contributed by atoms with Crippen LogP contribution in [0.2, 0.25) is 0 Å². The molecule has 0 aliphatic rings. The Kier molecular flexibility index (Phi) is 4.16. The molecule has 0 spiro atoms. The van der Waals surface area contributed by atoms with Crippen molar-refractivity contribution in [2.45, 2.75) is 10.6 Å². The maximum Gasteiger partial charge on any atom is 0.297 e. The molecule has 4 nitrogen and oxygen atoms in total. The fourth-order valence-electron chi connectivity index (χ4n) is 0.925. The van der Waals surface area contributed by atoms with E-state index < -0.39 is 8.90 Å². The first-order chi connectivity index (χ1) is 6.88. The van der Waals surface area contributed by atoms with Crippen molar-refractivity contribution in [3.63, 3.8) is 0 Å². The lowest BCUT2D eigenvalue weighted by atomic mass is 10.2. The van der Waals surface area contributed by atoms with Gasteiger partial charge in [0.2, 0.25) is 0 Å². The highest BCUT2D eigenvalue weighted by molar-refractivity contribution is 6.66. The minimum atomic E-state index is -1.81. The summed E-state index contributed by atoms with van der Waals surface area (Å²) in [6, 6.07) is 5.91. The Morgan fingerprint density at radius 1 is 1.40 bits per heavy atom. The smallest absolute Gasteiger partial charge is 0.297 e. The van der Waals surface area contributed by atoms with Crippen molar-refractivity contribution in [2.75, 3.05) is 0 Å². The van der Waals surface area contributed by atoms with E-state index in [9.17, 15) is 10.1 Å². The molecule has 0 saturated heterocycles. The van der Waals surface area contributed by atoms with Gasteiger partial charge in [-0.25, -0.2) is 0 Å². The van der Waals surface area contributed by atoms with Gasteiger partial charge in [-0.05, 0) is 5.56 Å². The van der Waals surface area contributed by atoms with Crippen LogP contribution in [0.5, 0.6) is 0 Å². The van der Waals surface area contributed by atoms with E-state index in [2.05, 4.69) is 0 Å². The Morgan fingerprint density at radius 2 is 2.07 bits per heavy atom. The van der Waals surface area contributed by atoms with Crippen molar-refractivity contribution >= 4 is 40.5 Å². The first-order valence-corrected chi connectivity index (χ1v) is 4.96. The van der Waals surface area contributed by atoms with E-state index in [1.54, 1.807) is 6.07 Å². The van der Waals surface area contributed by atoms with Gasteiger partial charge in [-0.15, -0.1) is 0 Å². The van der Waals surface area contributed by atoms with Gasteiger partial charge in [0.05, 0.1) is 11.5 Å². The summed E-state index contributed by atoms with van der Waals surface area (Å²) in [7, 11) is 0. The van der Waals surface area contributed by atoms with Gasteiger partial charge in [-0.1, -0.05) is 46.9 Å². The quantitative estimate of drug-likeness (QED) is 0.480. The van der Waals surface area contributed by atoms with E-state index >= 15 is 0 Å². The topological polar surface area (TPSA) is 52.4 Å². The summed E-state index contributed by atoms with van der Waals surface area (Å²) in [6.07, 6.45) is 0. The number of non-ortho nitro benzene ring substituents is 1. The molecule has 1 aromatic rings. The molecule has 0 unspecified atom stereocenters. The molecular formula is C8H6Cl3NO3. The highest BCUT2D eigenvalue weighted by Crippen LogP contribution is 2.28. The average Bonchev–Trinajstić information content (AvgIpc) is 2.14. The number of halogens is 3. The van der Waals surface area contributed by atoms with Gasteiger partial charge in [-0.3, -0.25) is 10.1 Å². The third-order valence-electron chi connectivity index (χ3n) is 1.52. The normalized spacial score (nSPS) is 11.4. The summed E-state index contributed by atoms with van der Waals surface area (Å²) in [5.41, 5.74) is 0.538. The molecule has 0 aromatic heterocycles. The van der Waals surface area contributed by atoms with Gasteiger partial charge < -0.3 is 4.74 Å². The molecule has 0 heterocycles. The average molecular weight is 270 g/mol. The van der Waals surface area contributed by atoms with Gasteiger partial charge >= 0.3 is 0 Å². The highest BCUT2D eigenvalue weighted by atomic mass is 35.6. The predicted molar refractivity (Wildman–Crippen MR) is 58.2 cm³/mol. The fraction of sp³-hybridized carbons (Fsp3) is 0.250. The number of alkyl halides is 3. The molecule has 82 valence electrons. The molecule has 0 N–H and O–H groups in total. The van der Waals surface area contributed by atoms with E-state index in [0.717, 1.165) is 0 Å². The van der Waals surface area contributed by atoms with Gasteiger partial charge in [0.25, 0.3) is 9.67 Å². The van der Waals surface area contributed by atoms with Crippen LogP contribution in [-0.2, 0) is 11.3 Å². The van der Waals surface area contributed by atoms with E-state index in [1.807, 2.05) is 0 Å². The van der Waals surface area contributed by atoms with Crippen molar-refractivity contribution < 1.29 is 9.66 Å². The molecule has 15 heavy (non-hydrogen) atoms. The van der Waals surface area contributed by atoms with Gasteiger partial charge in [0.15, 0.2) is 0 Å². The van der Waals surface area contributed by atoms with Crippen LogP contribution in [0.15, 0.2) is 24.3 Å². The third-order valence-corrected chi connectivity index (χ3v) is 1.85. The minimum absolute atomic E-state index is 0.00181. The third kappa shape index (κ3) is 4.66. The number of ether oxygens (including phenoxy) is 1. The zero-order valence-corrected chi connectivity index (χ0v) is 9.59. The standard InChI is InChI=1S/C8H6Cl3NO3/c9-8(10,11)15-5-6-2-1-3-7(4-6)12(13)14/h1-4H,5H2. The summed E-state index contributed by atoms with van der Waals surface area (Å²) in [5.74, 6) is 0. The van der Waals surface area contributed by atoms with Crippen LogP contribution in [0.4, 0.5) is 5.69 Å². The second-order valence-corrected chi connectivity index (χ2v) is 4.84. The van der Waals surface area contributed by atoms with Crippen molar-refractivity contribution in [3.05, 3.63) is 39.9 Å². The molecule has 0 aliphatic carbocycles. The summed E-state index contributed by atoms with van der Waals surface area (Å²) < 4.78 is 3.01. The Labute approximate surface area is 101 Å². The molecule has 0 aliphatic heterocycles. The summed E-state index contributed by atoms with van der Waals surface area (Å²) in [4.78, 5) is 9.94. The lowest BCUT2D eigenvalue weighted by molar-refractivity contribution is -0.384. The van der Waals surface area contributed by atoms with Crippen LogP contribution >= 0.6 is 34.8 Å². The monoisotopic (exact) mass is 269 g/mol. The van der Waals surface area contributed by atoms with Crippen LogP contribution in [-0.4, -0.2) is 8.90 Å². The number of rotatable bonds is 3. The van der Waals surface area contributed by atoms with Crippen molar-refractivity contribution in [3.8, 4) is 0 Å². The SMILES string of the molecule is O=[N+]([O-])c1cccc(COC(Cl)(Cl)Cl)c1. The lowest BCUT2D eigenvalue weighted by Gasteiger charge is -2.11. The zero-order chi connectivity index (χ0) is 11.5. The second-order valence-electron chi connectivity index (χ2n) is 2.66. The first kappa shape index (κ1) is 12.5. The molecule has 0 fully saturated rings. The molecule has 0 atom stereocenters. The summed E-state index contributed by atoms with van der Waals surface area (Å²) in [5, 5.41) is 10.4. The largest absolute Gasteiger partial charge is 0.330 e. The highest BCUT2D eigenvalue weighted by Gasteiger charge is 2.20. The van der Waals surface area contributed by atoms with Crippen molar-refractivity contribution in [2.24, 2.45) is 0 Å². The number of hydrogen-bond donors (Lipinski definition) is 0. The van der Waals surface area contributed by atoms with E-state index in [4.69, 9.17) is 39.5 Å². The minimum Gasteiger partial charge on any atom is -0.330 e. The lowest BCUT2D eigenvalue weighted by Crippen LogP contribution is -2.08. The number of nitrogens with zero attached hydrogens (tertiary/aromatic N) is 1. The molecule has 1 rings (SSSR count). The van der Waals surface area contributed by atoms with Gasteiger partial charge in [0, 0.05) is 12.1 Å². The second kappa shape index (κ2) is 4.99. The van der Waals surface area contributed by atoms with Crippen LogP contribution < -0.4 is 0 Å². The maximum atomic E-state index is 10.4. The number of benzene rings is 1. The molecule has 7 heteroatoms. The first-order valence-electron chi connectivity index (χ1n) is 3.82. The van der Waals surface area contributed by atoms with E-state index in [0.29, 0.717) is 5.56 Å². The van der Waals surface area contributed by atoms with Gasteiger partial charge in [0.1, 0.15) is 0 Å². The molecule has 0 radical (unpaired) electrons. The van der Waals surface area contributed by atoms with Crippen LogP contribution in [0.3, 0.4) is 0 Å². The zero-order valence-electron chi connectivity index (χ0n) is 7.32. The van der Waals surface area contributed by atoms with Crippen LogP contribution in [0.1, 0.15) is 5.56 Å². The van der Waals surface area contributed by atoms with Gasteiger partial charge in [-0.2, -0.15) is 0 Å². The van der Waals surface area contributed by atoms with Crippen LogP contribution in [0, 0.1) is 10.1 Å². The predicted octanol–water partition coefficient (Wildman–Crippen LogP) is 3.44. The van der Waals surface area contributed by atoms with Crippen molar-refractivity contribution in [1.29, 1.82) is 0 Å². The molecular weight excluding hydrogens is 264 g/mol. The van der Waals surface area contributed by atoms with E-state index in [1.165, 1.54) is 18.2 Å². The van der Waals surface area contributed by atoms with Crippen molar-refractivity contribution in [1.82, 2.24) is 0 Å². The molecule has 1 aromatic carbocycles. The Balaban J connectivity index is 2.70. The molecule has 0 bridgehead atoms. The number of nitro benzene ring substituents is 1. The molecule has 0 saturated carbocycles. The van der Waals surface area contributed by atoms with Crippen LogP contribution in [0.25, 0.3) is 0 Å². The number of hydrogen-bond acceptors (Lipinski definition) is 3. The Morgan fingerprint density at radius 3 is 2.60 bits per heavy atom. The van der Waals surface area contributed by atoms with E-state index in [-0.39, 0.29) is 12.3 Å². The fourth-order valence-corrected chi connectivity index (χ4v) is 1.09. The maximum absolute atomic E-state index is 10.4. The Hall–Kier alpha value is -0.550. The number of nitro groups is 1. The summed E-state index contributed by atoms with van der Waals surface area (Å²) >= 11 is 16.1.